The van der Waals surface area contributed by atoms with Crippen LogP contribution in [-0.4, -0.2) is 55.6 Å². The third-order valence-corrected chi connectivity index (χ3v) is 6.47. The second-order valence-corrected chi connectivity index (χ2v) is 9.12. The lowest BCUT2D eigenvalue weighted by molar-refractivity contribution is -0.00219. The van der Waals surface area contributed by atoms with Crippen molar-refractivity contribution in [2.24, 2.45) is 0 Å². The Kier molecular flexibility index (Phi) is 4.98. The van der Waals surface area contributed by atoms with Gasteiger partial charge in [0.1, 0.15) is 23.2 Å². The number of aliphatic hydroxyl groups is 1. The average Bonchev–Trinajstić information content (AvgIpc) is 3.35. The molecule has 1 aliphatic rings. The number of thioether (sulfide) groups is 1. The number of pyridine rings is 1. The first-order valence-electron chi connectivity index (χ1n) is 10.3. The first-order chi connectivity index (χ1) is 15.0. The van der Waals surface area contributed by atoms with Gasteiger partial charge in [0.25, 0.3) is 5.91 Å². The minimum atomic E-state index is -0.701. The zero-order valence-corrected chi connectivity index (χ0v) is 18.4. The largest absolute Gasteiger partial charge is 0.464 e. The van der Waals surface area contributed by atoms with Crippen molar-refractivity contribution in [1.29, 1.82) is 0 Å². The van der Waals surface area contributed by atoms with Crippen molar-refractivity contribution in [3.8, 4) is 11.3 Å². The van der Waals surface area contributed by atoms with Gasteiger partial charge in [0.15, 0.2) is 0 Å². The van der Waals surface area contributed by atoms with Crippen LogP contribution in [0.25, 0.3) is 33.1 Å². The number of rotatable bonds is 4. The molecule has 1 saturated heterocycles. The van der Waals surface area contributed by atoms with Crippen LogP contribution in [0, 0.1) is 0 Å². The summed E-state index contributed by atoms with van der Waals surface area (Å²) in [6.45, 7) is 2.88. The minimum Gasteiger partial charge on any atom is -0.464 e. The minimum absolute atomic E-state index is 0.107. The number of benzene rings is 1. The Morgan fingerprint density at radius 2 is 2.03 bits per heavy atom. The smallest absolute Gasteiger partial charge is 0.272 e. The van der Waals surface area contributed by atoms with Gasteiger partial charge in [-0.15, -0.1) is 11.8 Å². The van der Waals surface area contributed by atoms with Gasteiger partial charge >= 0.3 is 0 Å². The van der Waals surface area contributed by atoms with Crippen molar-refractivity contribution in [3.63, 3.8) is 0 Å². The molecule has 0 spiro atoms. The number of hydrogen-bond acceptors (Lipinski definition) is 6. The fourth-order valence-corrected chi connectivity index (χ4v) is 4.56. The molecular formula is C23H24N4O3S. The molecule has 4 aromatic rings. The molecule has 1 aliphatic heterocycles. The Bertz CT molecular complexity index is 1270. The number of furan rings is 1. The van der Waals surface area contributed by atoms with Crippen molar-refractivity contribution in [2.45, 2.75) is 31.2 Å². The maximum absolute atomic E-state index is 13.1. The van der Waals surface area contributed by atoms with Crippen molar-refractivity contribution in [1.82, 2.24) is 19.7 Å². The summed E-state index contributed by atoms with van der Waals surface area (Å²) in [5.41, 5.74) is 3.10. The molecule has 0 bridgehead atoms. The van der Waals surface area contributed by atoms with E-state index >= 15 is 0 Å². The van der Waals surface area contributed by atoms with Crippen LogP contribution in [0.4, 0.5) is 0 Å². The van der Waals surface area contributed by atoms with Gasteiger partial charge < -0.3 is 14.4 Å². The monoisotopic (exact) mass is 436 g/mol. The molecule has 0 radical (unpaired) electrons. The number of fused-ring (bicyclic) bond motifs is 2. The highest BCUT2D eigenvalue weighted by molar-refractivity contribution is 7.97. The van der Waals surface area contributed by atoms with Crippen LogP contribution in [0.15, 0.2) is 47.2 Å². The first kappa shape index (κ1) is 20.1. The van der Waals surface area contributed by atoms with Gasteiger partial charge in [-0.05, 0) is 38.2 Å². The summed E-state index contributed by atoms with van der Waals surface area (Å²) in [4.78, 5) is 19.3. The van der Waals surface area contributed by atoms with Gasteiger partial charge in [0.2, 0.25) is 0 Å². The molecule has 31 heavy (non-hydrogen) atoms. The molecule has 1 fully saturated rings. The summed E-state index contributed by atoms with van der Waals surface area (Å²) in [7, 11) is 0. The van der Waals surface area contributed by atoms with E-state index in [0.29, 0.717) is 37.5 Å². The summed E-state index contributed by atoms with van der Waals surface area (Å²) < 4.78 is 7.64. The average molecular weight is 437 g/mol. The Hall–Kier alpha value is -2.84. The molecule has 7 nitrogen and oxygen atoms in total. The summed E-state index contributed by atoms with van der Waals surface area (Å²) in [5.74, 6) is 0.556. The Morgan fingerprint density at radius 1 is 1.26 bits per heavy atom. The van der Waals surface area contributed by atoms with Crippen molar-refractivity contribution >= 4 is 39.5 Å². The SMILES string of the molecule is CSCn1nc(-c2coc3ccccc23)c2cnc(C(=O)N3CCC(C)(O)CC3)cc21. The molecule has 4 heterocycles. The zero-order valence-electron chi connectivity index (χ0n) is 17.5. The lowest BCUT2D eigenvalue weighted by Crippen LogP contribution is -2.45. The molecule has 1 N–H and O–H groups in total. The van der Waals surface area contributed by atoms with E-state index in [1.807, 2.05) is 48.2 Å². The number of para-hydroxylation sites is 1. The van der Waals surface area contributed by atoms with E-state index in [4.69, 9.17) is 9.52 Å². The summed E-state index contributed by atoms with van der Waals surface area (Å²) in [6.07, 6.45) is 6.64. The van der Waals surface area contributed by atoms with Crippen LogP contribution in [0.2, 0.25) is 0 Å². The third-order valence-electron chi connectivity index (χ3n) is 5.97. The maximum atomic E-state index is 13.1. The topological polar surface area (TPSA) is 84.4 Å². The molecule has 0 unspecified atom stereocenters. The van der Waals surface area contributed by atoms with Gasteiger partial charge in [-0.3, -0.25) is 14.5 Å². The number of hydrogen-bond donors (Lipinski definition) is 1. The highest BCUT2D eigenvalue weighted by Crippen LogP contribution is 2.35. The lowest BCUT2D eigenvalue weighted by atomic mass is 9.94. The van der Waals surface area contributed by atoms with Crippen LogP contribution in [0.1, 0.15) is 30.3 Å². The van der Waals surface area contributed by atoms with Gasteiger partial charge in [-0.1, -0.05) is 18.2 Å². The number of amides is 1. The van der Waals surface area contributed by atoms with Crippen LogP contribution in [-0.2, 0) is 5.88 Å². The summed E-state index contributed by atoms with van der Waals surface area (Å²) >= 11 is 1.66. The van der Waals surface area contributed by atoms with Gasteiger partial charge in [0.05, 0.1) is 17.0 Å². The molecule has 0 saturated carbocycles. The molecule has 1 amide bonds. The number of aromatic nitrogens is 3. The normalized spacial score (nSPS) is 16.3. The Labute approximate surface area is 184 Å². The standard InChI is InChI=1S/C23H24N4O3S/c1-23(29)7-9-26(10-8-23)22(28)18-11-19-16(12-24-18)21(25-27(19)14-31-2)17-13-30-20-6-4-3-5-15(17)20/h3-6,11-13,29H,7-10,14H2,1-2H3. The van der Waals surface area contributed by atoms with Gasteiger partial charge in [-0.2, -0.15) is 5.10 Å². The van der Waals surface area contributed by atoms with E-state index < -0.39 is 5.60 Å². The molecule has 0 aliphatic carbocycles. The number of nitrogens with zero attached hydrogens (tertiary/aromatic N) is 4. The van der Waals surface area contributed by atoms with E-state index in [9.17, 15) is 9.90 Å². The number of carbonyl (C=O) groups excluding carboxylic acids is 1. The van der Waals surface area contributed by atoms with Crippen LogP contribution >= 0.6 is 11.8 Å². The second-order valence-electron chi connectivity index (χ2n) is 8.29. The molecule has 5 rings (SSSR count). The predicted molar refractivity (Wildman–Crippen MR) is 122 cm³/mol. The Balaban J connectivity index is 1.56. The number of carbonyl (C=O) groups is 1. The number of piperidine rings is 1. The first-order valence-corrected chi connectivity index (χ1v) is 11.7. The summed E-state index contributed by atoms with van der Waals surface area (Å²) in [6, 6.07) is 9.71. The van der Waals surface area contributed by atoms with Crippen molar-refractivity contribution in [3.05, 3.63) is 48.5 Å². The maximum Gasteiger partial charge on any atom is 0.272 e. The fourth-order valence-electron chi connectivity index (χ4n) is 4.12. The Morgan fingerprint density at radius 3 is 2.81 bits per heavy atom. The molecule has 3 aromatic heterocycles. The highest BCUT2D eigenvalue weighted by Gasteiger charge is 2.30. The van der Waals surface area contributed by atoms with Crippen molar-refractivity contribution in [2.75, 3.05) is 19.3 Å². The summed E-state index contributed by atoms with van der Waals surface area (Å²) in [5, 5.41) is 16.9. The van der Waals surface area contributed by atoms with E-state index in [0.717, 1.165) is 33.1 Å². The molecule has 1 aromatic carbocycles. The second kappa shape index (κ2) is 7.69. The van der Waals surface area contributed by atoms with E-state index in [1.54, 1.807) is 29.1 Å². The van der Waals surface area contributed by atoms with E-state index in [2.05, 4.69) is 4.98 Å². The van der Waals surface area contributed by atoms with Crippen LogP contribution in [0.5, 0.6) is 0 Å². The predicted octanol–water partition coefficient (Wildman–Crippen LogP) is 4.15. The van der Waals surface area contributed by atoms with Crippen LogP contribution in [0.3, 0.4) is 0 Å². The van der Waals surface area contributed by atoms with Gasteiger partial charge in [-0.25, -0.2) is 0 Å². The van der Waals surface area contributed by atoms with Crippen molar-refractivity contribution < 1.29 is 14.3 Å². The molecule has 0 atom stereocenters. The van der Waals surface area contributed by atoms with E-state index in [1.165, 1.54) is 0 Å². The van der Waals surface area contributed by atoms with Gasteiger partial charge in [0, 0.05) is 35.6 Å². The zero-order chi connectivity index (χ0) is 21.6. The lowest BCUT2D eigenvalue weighted by Gasteiger charge is -2.35. The fraction of sp³-hybridized carbons (Fsp3) is 0.348. The third kappa shape index (κ3) is 3.59. The highest BCUT2D eigenvalue weighted by atomic mass is 32.2. The van der Waals surface area contributed by atoms with Crippen LogP contribution < -0.4 is 0 Å². The molecular weight excluding hydrogens is 412 g/mol. The number of likely N-dealkylation sites (tertiary alicyclic amines) is 1. The van der Waals surface area contributed by atoms with E-state index in [-0.39, 0.29) is 5.91 Å². The molecule has 8 heteroatoms. The molecule has 160 valence electrons. The quantitative estimate of drug-likeness (QED) is 0.517.